The van der Waals surface area contributed by atoms with Gasteiger partial charge in [-0.15, -0.1) is 0 Å². The number of aryl methyl sites for hydroxylation is 1. The van der Waals surface area contributed by atoms with Crippen LogP contribution < -0.4 is 26.6 Å². The fraction of sp³-hybridized carbons (Fsp3) is 0.542. The Bertz CT molecular complexity index is 1000. The van der Waals surface area contributed by atoms with Crippen molar-refractivity contribution in [1.29, 1.82) is 0 Å². The Balaban J connectivity index is 1.47. The van der Waals surface area contributed by atoms with Crippen LogP contribution in [0.5, 0.6) is 0 Å². The number of primary amides is 1. The lowest BCUT2D eigenvalue weighted by atomic mass is 9.89. The van der Waals surface area contributed by atoms with Crippen LogP contribution >= 0.6 is 0 Å². The zero-order chi connectivity index (χ0) is 23.5. The van der Waals surface area contributed by atoms with Gasteiger partial charge in [0.25, 0.3) is 0 Å². The Kier molecular flexibility index (Phi) is 6.97. The minimum atomic E-state index is -0.583. The smallest absolute Gasteiger partial charge is 0.319 e. The number of aromatic nitrogens is 2. The van der Waals surface area contributed by atoms with E-state index in [9.17, 15) is 9.18 Å². The average molecular weight is 456 g/mol. The molecule has 0 saturated heterocycles. The van der Waals surface area contributed by atoms with Gasteiger partial charge in [0, 0.05) is 38.3 Å². The molecule has 178 valence electrons. The van der Waals surface area contributed by atoms with Gasteiger partial charge in [0.1, 0.15) is 11.6 Å². The predicted octanol–water partition coefficient (Wildman–Crippen LogP) is 3.33. The first-order chi connectivity index (χ1) is 15.9. The normalized spacial score (nSPS) is 20.1. The summed E-state index contributed by atoms with van der Waals surface area (Å²) in [6, 6.07) is 3.83. The highest BCUT2D eigenvalue weighted by molar-refractivity contribution is 5.92. The van der Waals surface area contributed by atoms with Crippen molar-refractivity contribution in [3.63, 3.8) is 0 Å². The van der Waals surface area contributed by atoms with Crippen LogP contribution in [0, 0.1) is 5.82 Å². The third-order valence-electron chi connectivity index (χ3n) is 6.74. The number of halogens is 1. The van der Waals surface area contributed by atoms with Gasteiger partial charge in [-0.1, -0.05) is 6.07 Å². The Morgan fingerprint density at radius 2 is 1.88 bits per heavy atom. The highest BCUT2D eigenvalue weighted by atomic mass is 19.1. The number of carbonyl (C=O) groups excluding carboxylic acids is 1. The van der Waals surface area contributed by atoms with Gasteiger partial charge in [-0.2, -0.15) is 4.98 Å². The summed E-state index contributed by atoms with van der Waals surface area (Å²) in [4.78, 5) is 25.5. The summed E-state index contributed by atoms with van der Waals surface area (Å²) in [5, 5.41) is 3.52. The van der Waals surface area contributed by atoms with Crippen LogP contribution in [0.3, 0.4) is 0 Å². The van der Waals surface area contributed by atoms with Gasteiger partial charge >= 0.3 is 6.03 Å². The standard InChI is InChI=1S/C24H34FN7O/c1-31(2)22-19-5-3-4-6-20(19)29-24(30-22)28-17-9-11-18(12-10-17)32(23(27)33)21-13-16(25)8-7-15(21)14-26/h7-8,13,17-18H,3-6,9-12,14,26H2,1-2H3,(H2,27,33)(H,28,29,30). The van der Waals surface area contributed by atoms with Crippen molar-refractivity contribution in [2.45, 2.75) is 70.0 Å². The molecule has 2 aliphatic rings. The third kappa shape index (κ3) is 5.03. The number of amides is 2. The predicted molar refractivity (Wildman–Crippen MR) is 129 cm³/mol. The molecule has 0 bridgehead atoms. The largest absolute Gasteiger partial charge is 0.362 e. The lowest BCUT2D eigenvalue weighted by Crippen LogP contribution is -2.47. The van der Waals surface area contributed by atoms with Crippen LogP contribution in [0.4, 0.5) is 26.6 Å². The molecule has 0 spiro atoms. The number of urea groups is 1. The SMILES string of the molecule is CN(C)c1nc(NC2CCC(N(C(N)=O)c3cc(F)ccc3CN)CC2)nc2c1CCCC2. The number of anilines is 3. The van der Waals surface area contributed by atoms with Gasteiger partial charge < -0.3 is 21.7 Å². The molecule has 0 unspecified atom stereocenters. The molecule has 1 aromatic carbocycles. The van der Waals surface area contributed by atoms with E-state index >= 15 is 0 Å². The zero-order valence-electron chi connectivity index (χ0n) is 19.5. The second-order valence-corrected chi connectivity index (χ2v) is 9.23. The summed E-state index contributed by atoms with van der Waals surface area (Å²) in [5.41, 5.74) is 15.1. The number of hydrogen-bond donors (Lipinski definition) is 3. The second-order valence-electron chi connectivity index (χ2n) is 9.23. The summed E-state index contributed by atoms with van der Waals surface area (Å²) in [7, 11) is 4.04. The van der Waals surface area contributed by atoms with Crippen molar-refractivity contribution in [2.24, 2.45) is 11.5 Å². The third-order valence-corrected chi connectivity index (χ3v) is 6.74. The van der Waals surface area contributed by atoms with Gasteiger partial charge in [0.15, 0.2) is 0 Å². The molecule has 0 aliphatic heterocycles. The molecule has 1 aromatic heterocycles. The van der Waals surface area contributed by atoms with Crippen LogP contribution in [0.1, 0.15) is 55.3 Å². The molecule has 1 heterocycles. The Morgan fingerprint density at radius 1 is 1.15 bits per heavy atom. The number of rotatable bonds is 6. The minimum absolute atomic E-state index is 0.102. The van der Waals surface area contributed by atoms with Crippen molar-refractivity contribution >= 4 is 23.5 Å². The van der Waals surface area contributed by atoms with Crippen molar-refractivity contribution < 1.29 is 9.18 Å². The van der Waals surface area contributed by atoms with Crippen LogP contribution in [0.2, 0.25) is 0 Å². The lowest BCUT2D eigenvalue weighted by Gasteiger charge is -2.37. The number of carbonyl (C=O) groups is 1. The number of nitrogens with zero attached hydrogens (tertiary/aromatic N) is 4. The molecule has 2 aliphatic carbocycles. The van der Waals surface area contributed by atoms with Gasteiger partial charge in [0.05, 0.1) is 11.4 Å². The van der Waals surface area contributed by atoms with Crippen LogP contribution in [-0.4, -0.2) is 42.2 Å². The Hall–Kier alpha value is -2.94. The zero-order valence-corrected chi connectivity index (χ0v) is 19.5. The number of hydrogen-bond acceptors (Lipinski definition) is 6. The van der Waals surface area contributed by atoms with Gasteiger partial charge in [-0.05, 0) is 69.1 Å². The van der Waals surface area contributed by atoms with E-state index in [0.717, 1.165) is 56.5 Å². The van der Waals surface area contributed by atoms with E-state index < -0.39 is 11.8 Å². The number of fused-ring (bicyclic) bond motifs is 1. The maximum Gasteiger partial charge on any atom is 0.319 e. The molecular formula is C24H34FN7O. The van der Waals surface area contributed by atoms with E-state index in [4.69, 9.17) is 21.4 Å². The number of nitrogens with two attached hydrogens (primary N) is 2. The summed E-state index contributed by atoms with van der Waals surface area (Å²) in [6.45, 7) is 0.209. The first-order valence-electron chi connectivity index (χ1n) is 11.8. The van der Waals surface area contributed by atoms with E-state index in [0.29, 0.717) is 17.2 Å². The molecule has 2 aromatic rings. The van der Waals surface area contributed by atoms with Crippen LogP contribution in [0.25, 0.3) is 0 Å². The molecule has 9 heteroatoms. The maximum absolute atomic E-state index is 13.9. The maximum atomic E-state index is 13.9. The quantitative estimate of drug-likeness (QED) is 0.616. The molecule has 0 atom stereocenters. The molecule has 5 N–H and O–H groups in total. The van der Waals surface area contributed by atoms with E-state index in [1.165, 1.54) is 29.0 Å². The molecule has 0 radical (unpaired) electrons. The van der Waals surface area contributed by atoms with Gasteiger partial charge in [-0.25, -0.2) is 14.2 Å². The van der Waals surface area contributed by atoms with Crippen molar-refractivity contribution in [2.75, 3.05) is 29.2 Å². The van der Waals surface area contributed by atoms with E-state index in [-0.39, 0.29) is 18.6 Å². The fourth-order valence-electron chi connectivity index (χ4n) is 5.10. The monoisotopic (exact) mass is 455 g/mol. The minimum Gasteiger partial charge on any atom is -0.362 e. The summed E-state index contributed by atoms with van der Waals surface area (Å²) >= 11 is 0. The summed E-state index contributed by atoms with van der Waals surface area (Å²) in [6.07, 6.45) is 7.52. The molecule has 8 nitrogen and oxygen atoms in total. The summed E-state index contributed by atoms with van der Waals surface area (Å²) in [5.74, 6) is 1.26. The first-order valence-corrected chi connectivity index (χ1v) is 11.8. The molecule has 33 heavy (non-hydrogen) atoms. The topological polar surface area (TPSA) is 113 Å². The average Bonchev–Trinajstić information content (AvgIpc) is 2.80. The van der Waals surface area contributed by atoms with E-state index in [1.807, 2.05) is 14.1 Å². The Morgan fingerprint density at radius 3 is 2.55 bits per heavy atom. The fourth-order valence-corrected chi connectivity index (χ4v) is 5.10. The summed E-state index contributed by atoms with van der Waals surface area (Å²) < 4.78 is 13.9. The van der Waals surface area contributed by atoms with Gasteiger partial charge in [-0.3, -0.25) is 4.90 Å². The highest BCUT2D eigenvalue weighted by Crippen LogP contribution is 2.32. The molecule has 1 saturated carbocycles. The molecule has 2 amide bonds. The van der Waals surface area contributed by atoms with Gasteiger partial charge in [0.2, 0.25) is 5.95 Å². The lowest BCUT2D eigenvalue weighted by molar-refractivity contribution is 0.248. The first kappa shape index (κ1) is 23.2. The van der Waals surface area contributed by atoms with Crippen LogP contribution in [-0.2, 0) is 19.4 Å². The Labute approximate surface area is 194 Å². The van der Waals surface area contributed by atoms with Crippen LogP contribution in [0.15, 0.2) is 18.2 Å². The molecular weight excluding hydrogens is 421 g/mol. The molecule has 1 fully saturated rings. The van der Waals surface area contributed by atoms with Crippen molar-refractivity contribution in [3.05, 3.63) is 40.8 Å². The highest BCUT2D eigenvalue weighted by Gasteiger charge is 2.31. The number of benzene rings is 1. The van der Waals surface area contributed by atoms with Crippen molar-refractivity contribution in [1.82, 2.24) is 9.97 Å². The second kappa shape index (κ2) is 9.91. The van der Waals surface area contributed by atoms with E-state index in [1.54, 1.807) is 6.07 Å². The number of nitrogens with one attached hydrogen (secondary N) is 1. The van der Waals surface area contributed by atoms with E-state index in [2.05, 4.69) is 10.2 Å². The molecule has 4 rings (SSSR count). The van der Waals surface area contributed by atoms with Crippen molar-refractivity contribution in [3.8, 4) is 0 Å².